The zero-order chi connectivity index (χ0) is 34.1. The van der Waals surface area contributed by atoms with Crippen LogP contribution in [0.15, 0.2) is 53.3 Å². The first-order valence-electron chi connectivity index (χ1n) is 15.2. The van der Waals surface area contributed by atoms with Crippen molar-refractivity contribution in [1.82, 2.24) is 5.32 Å². The highest BCUT2D eigenvalue weighted by Crippen LogP contribution is 2.37. The number of carbonyl (C=O) groups is 4. The molecule has 6 N–H and O–H groups in total. The molecule has 0 saturated heterocycles. The summed E-state index contributed by atoms with van der Waals surface area (Å²) in [6, 6.07) is 1.30. The van der Waals surface area contributed by atoms with Crippen molar-refractivity contribution in [3.05, 3.63) is 75.5 Å². The van der Waals surface area contributed by atoms with Crippen LogP contribution in [0.4, 0.5) is 0 Å². The number of aliphatic hydroxyl groups is 4. The van der Waals surface area contributed by atoms with Crippen LogP contribution in [-0.2, 0) is 4.79 Å². The second kappa shape index (κ2) is 14.2. The Balaban J connectivity index is 2.17. The first kappa shape index (κ1) is 35.8. The van der Waals surface area contributed by atoms with Crippen LogP contribution in [0.3, 0.4) is 0 Å². The average Bonchev–Trinajstić information content (AvgIpc) is 3.01. The maximum absolute atomic E-state index is 13.8. The fraction of sp³-hybridized carbons (Fsp3) is 0.486. The molecule has 0 fully saturated rings. The highest BCUT2D eigenvalue weighted by Gasteiger charge is 2.39. The lowest BCUT2D eigenvalue weighted by Crippen LogP contribution is -2.45. The molecule has 0 spiro atoms. The molecule has 9 atom stereocenters. The van der Waals surface area contributed by atoms with E-state index in [1.807, 2.05) is 0 Å². The van der Waals surface area contributed by atoms with Crippen molar-refractivity contribution < 1.29 is 44.7 Å². The van der Waals surface area contributed by atoms with Crippen LogP contribution in [0.1, 0.15) is 85.1 Å². The van der Waals surface area contributed by atoms with Crippen molar-refractivity contribution in [2.75, 3.05) is 0 Å². The van der Waals surface area contributed by atoms with E-state index < -0.39 is 83.0 Å². The molecule has 0 saturated carbocycles. The average molecular weight is 624 g/mol. The normalized spacial score (nSPS) is 34.4. The lowest BCUT2D eigenvalue weighted by Gasteiger charge is -2.36. The van der Waals surface area contributed by atoms with Gasteiger partial charge in [-0.2, -0.15) is 0 Å². The van der Waals surface area contributed by atoms with Crippen LogP contribution in [0.2, 0.25) is 0 Å². The van der Waals surface area contributed by atoms with Crippen molar-refractivity contribution >= 4 is 23.3 Å². The number of Topliss-reactive ketones (excluding diaryl/α,β-unsaturated/α-hetero) is 3. The van der Waals surface area contributed by atoms with Crippen LogP contribution < -0.4 is 5.32 Å². The minimum atomic E-state index is -1.18. The lowest BCUT2D eigenvalue weighted by atomic mass is 9.77. The number of benzene rings is 1. The molecule has 2 aliphatic heterocycles. The summed E-state index contributed by atoms with van der Waals surface area (Å²) in [5.41, 5.74) is -0.841. The van der Waals surface area contributed by atoms with E-state index in [2.05, 4.69) is 5.32 Å². The number of nitrogens with one attached hydrogen (secondary N) is 1. The standard InChI is InChI=1S/C35H45NO9/c1-15-11-9-10-12-24(37)36-27-19(5)34(44)25-23(35(27)45)14-18(4)31(41)26(25)30(40)17(3)13-16(2)29(39)21(7)33(43)22(8)32(42)20(6)28(15)38/h9-16,20-22,28-29,32-33,38-39,41-43H,1-8H3,(H,36,37)/b11-9-,12-10?,17-13+/t15-,16-,20+,21+,22+,28-,29-,32+,33+/m0/s1. The molecule has 0 aromatic heterocycles. The quantitative estimate of drug-likeness (QED) is 0.253. The van der Waals surface area contributed by atoms with E-state index in [9.17, 15) is 44.7 Å². The lowest BCUT2D eigenvalue weighted by molar-refractivity contribution is -0.115. The number of hydrogen-bond donors (Lipinski definition) is 6. The van der Waals surface area contributed by atoms with Crippen LogP contribution in [0, 0.1) is 36.5 Å². The van der Waals surface area contributed by atoms with Gasteiger partial charge in [0.25, 0.3) is 0 Å². The summed E-state index contributed by atoms with van der Waals surface area (Å²) in [7, 11) is 0. The summed E-state index contributed by atoms with van der Waals surface area (Å²) in [6.45, 7) is 12.6. The largest absolute Gasteiger partial charge is 0.507 e. The van der Waals surface area contributed by atoms with E-state index >= 15 is 0 Å². The summed E-state index contributed by atoms with van der Waals surface area (Å²) in [6.07, 6.45) is 2.72. The van der Waals surface area contributed by atoms with Gasteiger partial charge in [-0.1, -0.05) is 58.9 Å². The summed E-state index contributed by atoms with van der Waals surface area (Å²) in [5, 5.41) is 57.6. The zero-order valence-electron chi connectivity index (χ0n) is 27.0. The molecule has 0 unspecified atom stereocenters. The topological polar surface area (TPSA) is 181 Å². The van der Waals surface area contributed by atoms with Gasteiger partial charge in [0, 0.05) is 52.4 Å². The third-order valence-corrected chi connectivity index (χ3v) is 9.33. The van der Waals surface area contributed by atoms with Crippen molar-refractivity contribution in [1.29, 1.82) is 0 Å². The second-order valence-electron chi connectivity index (χ2n) is 12.7. The molecule has 1 amide bonds. The molecule has 4 rings (SSSR count). The molecule has 244 valence electrons. The van der Waals surface area contributed by atoms with Crippen molar-refractivity contribution in [3.63, 3.8) is 0 Å². The van der Waals surface area contributed by atoms with Gasteiger partial charge in [-0.3, -0.25) is 19.2 Å². The minimum absolute atomic E-state index is 0.0853. The number of ketones is 3. The number of phenolic OH excluding ortho intramolecular Hbond substituents is 1. The van der Waals surface area contributed by atoms with Crippen molar-refractivity contribution in [3.8, 4) is 5.75 Å². The molecule has 45 heavy (non-hydrogen) atoms. The fourth-order valence-electron chi connectivity index (χ4n) is 6.15. The number of aliphatic hydroxyl groups excluding tert-OH is 4. The van der Waals surface area contributed by atoms with Gasteiger partial charge in [0.15, 0.2) is 11.6 Å². The number of hydrogen-bond acceptors (Lipinski definition) is 9. The third kappa shape index (κ3) is 7.09. The molecule has 4 bridgehead atoms. The Morgan fingerprint density at radius 3 is 1.78 bits per heavy atom. The van der Waals surface area contributed by atoms with Gasteiger partial charge in [-0.15, -0.1) is 0 Å². The third-order valence-electron chi connectivity index (χ3n) is 9.33. The summed E-state index contributed by atoms with van der Waals surface area (Å²) >= 11 is 0. The number of aromatic hydroxyl groups is 1. The maximum atomic E-state index is 13.8. The number of fused-ring (bicyclic) bond motifs is 15. The number of amides is 1. The number of rotatable bonds is 0. The Labute approximate surface area is 263 Å². The highest BCUT2D eigenvalue weighted by atomic mass is 16.3. The number of phenols is 1. The van der Waals surface area contributed by atoms with Gasteiger partial charge in [-0.05, 0) is 38.0 Å². The number of carbonyl (C=O) groups excluding carboxylic acids is 4. The first-order valence-corrected chi connectivity index (χ1v) is 15.2. The van der Waals surface area contributed by atoms with E-state index in [0.717, 1.165) is 6.08 Å². The first-order chi connectivity index (χ1) is 20.9. The molecule has 1 aliphatic carbocycles. The summed E-state index contributed by atoms with van der Waals surface area (Å²) in [5.74, 6) is -6.57. The Morgan fingerprint density at radius 1 is 0.667 bits per heavy atom. The van der Waals surface area contributed by atoms with E-state index in [4.69, 9.17) is 0 Å². The van der Waals surface area contributed by atoms with Crippen LogP contribution in [0.5, 0.6) is 5.75 Å². The summed E-state index contributed by atoms with van der Waals surface area (Å²) in [4.78, 5) is 53.7. The van der Waals surface area contributed by atoms with Crippen LogP contribution in [0.25, 0.3) is 0 Å². The van der Waals surface area contributed by atoms with Crippen LogP contribution >= 0.6 is 0 Å². The molecule has 0 radical (unpaired) electrons. The zero-order valence-corrected chi connectivity index (χ0v) is 27.0. The van der Waals surface area contributed by atoms with Crippen molar-refractivity contribution in [2.24, 2.45) is 29.6 Å². The predicted molar refractivity (Wildman–Crippen MR) is 169 cm³/mol. The Bertz CT molecular complexity index is 1500. The monoisotopic (exact) mass is 623 g/mol. The van der Waals surface area contributed by atoms with Gasteiger partial charge >= 0.3 is 0 Å². The number of allylic oxidation sites excluding steroid dienone is 5. The van der Waals surface area contributed by atoms with Gasteiger partial charge < -0.3 is 30.8 Å². The van der Waals surface area contributed by atoms with Crippen molar-refractivity contribution in [2.45, 2.75) is 79.8 Å². The SMILES string of the molecule is CC1=C2NC(=O)C=C/C=C\[C@H](C)[C@H](O)[C@@H](C)[C@@H](O)[C@@H](C)[C@H](O)[C@H](C)[C@@H](O)[C@@H](C)/C=C(\C)C(=O)c3c(O)c(C)cc(c3C1=O)C2=O. The van der Waals surface area contributed by atoms with E-state index in [1.165, 1.54) is 45.1 Å². The molecule has 10 nitrogen and oxygen atoms in total. The van der Waals surface area contributed by atoms with E-state index in [0.29, 0.717) is 0 Å². The Kier molecular flexibility index (Phi) is 11.3. The predicted octanol–water partition coefficient (Wildman–Crippen LogP) is 3.35. The molecule has 3 aliphatic rings. The van der Waals surface area contributed by atoms with Crippen LogP contribution in [-0.4, -0.2) is 73.2 Å². The second-order valence-corrected chi connectivity index (χ2v) is 12.7. The molecule has 1 aromatic rings. The van der Waals surface area contributed by atoms with Gasteiger partial charge in [0.1, 0.15) is 5.75 Å². The molecule has 2 heterocycles. The maximum Gasteiger partial charge on any atom is 0.248 e. The number of aryl methyl sites for hydroxylation is 1. The molecular formula is C35H45NO9. The molecule has 10 heteroatoms. The van der Waals surface area contributed by atoms with Gasteiger partial charge in [-0.25, -0.2) is 0 Å². The Morgan fingerprint density at radius 2 is 1.20 bits per heavy atom. The summed E-state index contributed by atoms with van der Waals surface area (Å²) < 4.78 is 0. The van der Waals surface area contributed by atoms with Gasteiger partial charge in [0.05, 0.1) is 35.7 Å². The Hall–Kier alpha value is -3.70. The van der Waals surface area contributed by atoms with E-state index in [-0.39, 0.29) is 39.1 Å². The smallest absolute Gasteiger partial charge is 0.248 e. The van der Waals surface area contributed by atoms with E-state index in [1.54, 1.807) is 40.7 Å². The highest BCUT2D eigenvalue weighted by molar-refractivity contribution is 6.31. The molecular weight excluding hydrogens is 578 g/mol. The minimum Gasteiger partial charge on any atom is -0.507 e. The van der Waals surface area contributed by atoms with Gasteiger partial charge in [0.2, 0.25) is 11.7 Å². The fourth-order valence-corrected chi connectivity index (χ4v) is 6.15. The molecule has 1 aromatic carbocycles.